The molecular weight excluding hydrogens is 354 g/mol. The maximum absolute atomic E-state index is 13.5. The van der Waals surface area contributed by atoms with Gasteiger partial charge in [-0.15, -0.1) is 0 Å². The number of carbonyl (C=O) groups is 1. The lowest BCUT2D eigenvalue weighted by Gasteiger charge is -2.05. The summed E-state index contributed by atoms with van der Waals surface area (Å²) < 4.78 is 33.3. The molecule has 0 aliphatic heterocycles. The average molecular weight is 368 g/mol. The van der Waals surface area contributed by atoms with Crippen molar-refractivity contribution in [1.82, 2.24) is 14.5 Å². The topological polar surface area (TPSA) is 72.4 Å². The maximum atomic E-state index is 13.5. The van der Waals surface area contributed by atoms with E-state index in [2.05, 4.69) is 15.5 Å². The predicted molar refractivity (Wildman–Crippen MR) is 94.5 cm³/mol. The van der Waals surface area contributed by atoms with Crippen LogP contribution in [-0.4, -0.2) is 20.4 Å². The monoisotopic (exact) mass is 368 g/mol. The van der Waals surface area contributed by atoms with Gasteiger partial charge in [-0.2, -0.15) is 0 Å². The van der Waals surface area contributed by atoms with Gasteiger partial charge in [-0.05, 0) is 38.1 Å². The van der Waals surface area contributed by atoms with E-state index >= 15 is 0 Å². The third-order valence-corrected chi connectivity index (χ3v) is 4.19. The first-order valence-electron chi connectivity index (χ1n) is 8.11. The van der Waals surface area contributed by atoms with Crippen molar-refractivity contribution < 1.29 is 18.1 Å². The molecule has 0 aliphatic carbocycles. The number of aromatic nitrogens is 3. The molecular formula is C19H14F2N4O2. The number of nitrogens with zero attached hydrogens (tertiary/aromatic N) is 3. The molecule has 3 heterocycles. The van der Waals surface area contributed by atoms with Crippen molar-refractivity contribution in [2.45, 2.75) is 13.8 Å². The van der Waals surface area contributed by atoms with Crippen molar-refractivity contribution in [3.8, 4) is 11.3 Å². The molecule has 0 bridgehead atoms. The van der Waals surface area contributed by atoms with Crippen LogP contribution in [0.25, 0.3) is 16.9 Å². The van der Waals surface area contributed by atoms with E-state index in [-0.39, 0.29) is 5.91 Å². The summed E-state index contributed by atoms with van der Waals surface area (Å²) in [4.78, 5) is 16.8. The molecule has 4 rings (SSSR count). The molecule has 0 fully saturated rings. The summed E-state index contributed by atoms with van der Waals surface area (Å²) in [5.74, 6) is -1.74. The molecule has 136 valence electrons. The number of rotatable bonds is 3. The molecule has 1 amide bonds. The number of benzene rings is 1. The average Bonchev–Trinajstić information content (AvgIpc) is 3.20. The van der Waals surface area contributed by atoms with E-state index < -0.39 is 11.6 Å². The van der Waals surface area contributed by atoms with Gasteiger partial charge in [0.05, 0.1) is 11.4 Å². The summed E-state index contributed by atoms with van der Waals surface area (Å²) >= 11 is 0. The number of hydrogen-bond acceptors (Lipinski definition) is 4. The van der Waals surface area contributed by atoms with Gasteiger partial charge in [0.1, 0.15) is 17.0 Å². The second-order valence-electron chi connectivity index (χ2n) is 6.09. The van der Waals surface area contributed by atoms with Crippen LogP contribution >= 0.6 is 0 Å². The second-order valence-corrected chi connectivity index (χ2v) is 6.09. The van der Waals surface area contributed by atoms with Gasteiger partial charge in [0.15, 0.2) is 11.6 Å². The van der Waals surface area contributed by atoms with E-state index in [1.165, 1.54) is 6.07 Å². The maximum Gasteiger partial charge on any atom is 0.261 e. The van der Waals surface area contributed by atoms with Crippen molar-refractivity contribution in [3.05, 3.63) is 71.4 Å². The lowest BCUT2D eigenvalue weighted by molar-refractivity contribution is 0.102. The number of amides is 1. The molecule has 0 atom stereocenters. The molecule has 1 N–H and O–H groups in total. The molecule has 8 heteroatoms. The molecule has 0 aliphatic rings. The van der Waals surface area contributed by atoms with E-state index in [1.54, 1.807) is 42.8 Å². The van der Waals surface area contributed by atoms with Gasteiger partial charge in [-0.3, -0.25) is 4.79 Å². The Balaban J connectivity index is 1.65. The van der Waals surface area contributed by atoms with Crippen LogP contribution in [0.1, 0.15) is 21.8 Å². The minimum atomic E-state index is -0.933. The third kappa shape index (κ3) is 3.05. The number of anilines is 1. The standard InChI is InChI=1S/C19H14F2N4O2/c1-10-18(11(2)27-24-10)19(26)22-13-5-6-25-9-16(23-17(25)8-13)12-3-4-14(20)15(21)7-12/h3-9H,1-2H3,(H,22,26). The highest BCUT2D eigenvalue weighted by atomic mass is 19.2. The highest BCUT2D eigenvalue weighted by Crippen LogP contribution is 2.23. The number of imidazole rings is 1. The molecule has 0 spiro atoms. The number of nitrogens with one attached hydrogen (secondary N) is 1. The van der Waals surface area contributed by atoms with Gasteiger partial charge in [-0.25, -0.2) is 13.8 Å². The van der Waals surface area contributed by atoms with Crippen LogP contribution < -0.4 is 5.32 Å². The first-order chi connectivity index (χ1) is 12.9. The number of carbonyl (C=O) groups excluding carboxylic acids is 1. The lowest BCUT2D eigenvalue weighted by Crippen LogP contribution is -2.13. The fraction of sp³-hybridized carbons (Fsp3) is 0.105. The number of aryl methyl sites for hydroxylation is 2. The number of fused-ring (bicyclic) bond motifs is 1. The van der Waals surface area contributed by atoms with E-state index in [9.17, 15) is 13.6 Å². The summed E-state index contributed by atoms with van der Waals surface area (Å²) in [6.45, 7) is 3.36. The zero-order chi connectivity index (χ0) is 19.1. The molecule has 1 aromatic carbocycles. The lowest BCUT2D eigenvalue weighted by atomic mass is 10.1. The molecule has 27 heavy (non-hydrogen) atoms. The van der Waals surface area contributed by atoms with Crippen molar-refractivity contribution in [2.75, 3.05) is 5.32 Å². The van der Waals surface area contributed by atoms with Crippen LogP contribution in [0.15, 0.2) is 47.2 Å². The van der Waals surface area contributed by atoms with Gasteiger partial charge in [0, 0.05) is 29.7 Å². The SMILES string of the molecule is Cc1noc(C)c1C(=O)Nc1ccn2cc(-c3ccc(F)c(F)c3)nc2c1. The van der Waals surface area contributed by atoms with Crippen molar-refractivity contribution in [2.24, 2.45) is 0 Å². The normalized spacial score (nSPS) is 11.1. The fourth-order valence-electron chi connectivity index (χ4n) is 2.85. The van der Waals surface area contributed by atoms with Crippen LogP contribution in [0.4, 0.5) is 14.5 Å². The number of pyridine rings is 1. The van der Waals surface area contributed by atoms with Gasteiger partial charge in [0.25, 0.3) is 5.91 Å². The molecule has 0 radical (unpaired) electrons. The highest BCUT2D eigenvalue weighted by Gasteiger charge is 2.18. The molecule has 4 aromatic rings. The van der Waals surface area contributed by atoms with E-state index in [0.717, 1.165) is 12.1 Å². The predicted octanol–water partition coefficient (Wildman–Crippen LogP) is 4.14. The Morgan fingerprint density at radius 1 is 1.15 bits per heavy atom. The molecule has 6 nitrogen and oxygen atoms in total. The Morgan fingerprint density at radius 3 is 2.67 bits per heavy atom. The third-order valence-electron chi connectivity index (χ3n) is 4.19. The first-order valence-corrected chi connectivity index (χ1v) is 8.11. The Bertz CT molecular complexity index is 1160. The smallest absolute Gasteiger partial charge is 0.261 e. The van der Waals surface area contributed by atoms with Crippen LogP contribution in [0, 0.1) is 25.5 Å². The number of hydrogen-bond donors (Lipinski definition) is 1. The van der Waals surface area contributed by atoms with Gasteiger partial charge >= 0.3 is 0 Å². The quantitative estimate of drug-likeness (QED) is 0.590. The van der Waals surface area contributed by atoms with Crippen LogP contribution in [-0.2, 0) is 0 Å². The second kappa shape index (κ2) is 6.31. The highest BCUT2D eigenvalue weighted by molar-refractivity contribution is 6.05. The first kappa shape index (κ1) is 16.9. The Morgan fingerprint density at radius 2 is 1.96 bits per heavy atom. The van der Waals surface area contributed by atoms with Gasteiger partial charge in [0.2, 0.25) is 0 Å². The summed E-state index contributed by atoms with van der Waals surface area (Å²) in [6.07, 6.45) is 3.41. The van der Waals surface area contributed by atoms with Crippen LogP contribution in [0.5, 0.6) is 0 Å². The fourth-order valence-corrected chi connectivity index (χ4v) is 2.85. The zero-order valence-electron chi connectivity index (χ0n) is 14.5. The molecule has 3 aromatic heterocycles. The summed E-state index contributed by atoms with van der Waals surface area (Å²) in [7, 11) is 0. The van der Waals surface area contributed by atoms with E-state index in [4.69, 9.17) is 4.52 Å². The largest absolute Gasteiger partial charge is 0.361 e. The van der Waals surface area contributed by atoms with E-state index in [1.807, 2.05) is 0 Å². The Labute approximate surface area is 152 Å². The summed E-state index contributed by atoms with van der Waals surface area (Å²) in [5, 5.41) is 6.55. The van der Waals surface area contributed by atoms with Crippen molar-refractivity contribution in [3.63, 3.8) is 0 Å². The molecule has 0 saturated carbocycles. The zero-order valence-corrected chi connectivity index (χ0v) is 14.5. The van der Waals surface area contributed by atoms with Crippen molar-refractivity contribution in [1.29, 1.82) is 0 Å². The Kier molecular flexibility index (Phi) is 3.95. The molecule has 0 unspecified atom stereocenters. The summed E-state index contributed by atoms with van der Waals surface area (Å²) in [5.41, 5.74) is 2.93. The van der Waals surface area contributed by atoms with Gasteiger partial charge < -0.3 is 14.2 Å². The Hall–Kier alpha value is -3.55. The summed E-state index contributed by atoms with van der Waals surface area (Å²) in [6, 6.07) is 7.00. The minimum absolute atomic E-state index is 0.331. The number of halogens is 2. The van der Waals surface area contributed by atoms with Gasteiger partial charge in [-0.1, -0.05) is 5.16 Å². The molecule has 0 saturated heterocycles. The van der Waals surface area contributed by atoms with Crippen LogP contribution in [0.2, 0.25) is 0 Å². The minimum Gasteiger partial charge on any atom is -0.361 e. The van der Waals surface area contributed by atoms with Crippen LogP contribution in [0.3, 0.4) is 0 Å². The van der Waals surface area contributed by atoms with Crippen molar-refractivity contribution >= 4 is 17.2 Å². The van der Waals surface area contributed by atoms with E-state index in [0.29, 0.717) is 39.6 Å².